The fourth-order valence-corrected chi connectivity index (χ4v) is 1.33. The molecule has 0 aromatic rings. The number of aliphatic hydroxyl groups is 4. The van der Waals surface area contributed by atoms with Gasteiger partial charge in [0.25, 0.3) is 0 Å². The Kier molecular flexibility index (Phi) is 3.60. The van der Waals surface area contributed by atoms with Crippen molar-refractivity contribution in [2.24, 2.45) is 0 Å². The molecule has 13 heavy (non-hydrogen) atoms. The Morgan fingerprint density at radius 2 is 1.85 bits per heavy atom. The minimum Gasteiger partial charge on any atom is -0.394 e. The minimum atomic E-state index is -1.33. The second-order valence-corrected chi connectivity index (χ2v) is 2.93. The highest BCUT2D eigenvalue weighted by molar-refractivity contribution is 4.88. The van der Waals surface area contributed by atoms with Crippen molar-refractivity contribution < 1.29 is 29.9 Å². The Morgan fingerprint density at radius 3 is 2.31 bits per heavy atom. The van der Waals surface area contributed by atoms with E-state index < -0.39 is 37.3 Å². The molecule has 1 unspecified atom stereocenters. The summed E-state index contributed by atoms with van der Waals surface area (Å²) < 4.78 is 9.50. The summed E-state index contributed by atoms with van der Waals surface area (Å²) in [7, 11) is 1.28. The van der Waals surface area contributed by atoms with Crippen LogP contribution in [-0.2, 0) is 9.47 Å². The highest BCUT2D eigenvalue weighted by atomic mass is 16.7. The van der Waals surface area contributed by atoms with Crippen molar-refractivity contribution in [3.63, 3.8) is 0 Å². The molecular formula is C7H14O6. The fourth-order valence-electron chi connectivity index (χ4n) is 1.33. The number of hydrogen-bond donors (Lipinski definition) is 4. The highest BCUT2D eigenvalue weighted by Gasteiger charge is 2.43. The molecule has 0 saturated carbocycles. The second kappa shape index (κ2) is 4.32. The molecule has 0 aromatic carbocycles. The SMILES string of the molecule is CO[C@H]1C(O)O[C@H](CO)[C@H](O)[C@@H]1O. The van der Waals surface area contributed by atoms with Crippen LogP contribution in [0.15, 0.2) is 0 Å². The van der Waals surface area contributed by atoms with Crippen molar-refractivity contribution in [2.45, 2.75) is 30.7 Å². The maximum absolute atomic E-state index is 9.38. The van der Waals surface area contributed by atoms with Crippen molar-refractivity contribution in [3.8, 4) is 0 Å². The molecule has 5 atom stereocenters. The molecule has 0 aliphatic carbocycles. The Labute approximate surface area is 75.3 Å². The first-order valence-electron chi connectivity index (χ1n) is 3.95. The topological polar surface area (TPSA) is 99.4 Å². The lowest BCUT2D eigenvalue weighted by atomic mass is 9.99. The molecule has 0 bridgehead atoms. The molecule has 1 aliphatic rings. The van der Waals surface area contributed by atoms with Gasteiger partial charge >= 0.3 is 0 Å². The monoisotopic (exact) mass is 194 g/mol. The molecule has 0 spiro atoms. The van der Waals surface area contributed by atoms with Crippen LogP contribution in [0.5, 0.6) is 0 Å². The standard InChI is InChI=1S/C7H14O6/c1-12-6-5(10)4(9)3(2-8)13-7(6)11/h3-11H,2H2,1H3/t3-,4+,5+,6-,7?/m1/s1. The predicted octanol–water partition coefficient (Wildman–Crippen LogP) is -2.57. The van der Waals surface area contributed by atoms with Crippen LogP contribution >= 0.6 is 0 Å². The van der Waals surface area contributed by atoms with Gasteiger partial charge in [0.15, 0.2) is 6.29 Å². The smallest absolute Gasteiger partial charge is 0.184 e. The van der Waals surface area contributed by atoms with Crippen LogP contribution in [0.1, 0.15) is 0 Å². The van der Waals surface area contributed by atoms with Gasteiger partial charge in [-0.25, -0.2) is 0 Å². The predicted molar refractivity (Wildman–Crippen MR) is 40.8 cm³/mol. The number of rotatable bonds is 2. The van der Waals surface area contributed by atoms with E-state index in [1.54, 1.807) is 0 Å². The van der Waals surface area contributed by atoms with Gasteiger partial charge in [-0.3, -0.25) is 0 Å². The van der Waals surface area contributed by atoms with Crippen molar-refractivity contribution >= 4 is 0 Å². The molecule has 1 rings (SSSR count). The van der Waals surface area contributed by atoms with E-state index in [9.17, 15) is 15.3 Å². The Bertz CT molecular complexity index is 163. The summed E-state index contributed by atoms with van der Waals surface area (Å²) in [6, 6.07) is 0. The first kappa shape index (κ1) is 10.8. The van der Waals surface area contributed by atoms with Crippen molar-refractivity contribution in [2.75, 3.05) is 13.7 Å². The van der Waals surface area contributed by atoms with Gasteiger partial charge in [-0.05, 0) is 0 Å². The van der Waals surface area contributed by atoms with Gasteiger partial charge < -0.3 is 29.9 Å². The van der Waals surface area contributed by atoms with E-state index in [1.807, 2.05) is 0 Å². The van der Waals surface area contributed by atoms with Gasteiger partial charge in [-0.1, -0.05) is 0 Å². The quantitative estimate of drug-likeness (QED) is 0.386. The normalized spacial score (nSPS) is 46.4. The van der Waals surface area contributed by atoms with E-state index in [0.29, 0.717) is 0 Å². The Balaban J connectivity index is 2.66. The van der Waals surface area contributed by atoms with E-state index in [1.165, 1.54) is 7.11 Å². The molecule has 0 amide bonds. The van der Waals surface area contributed by atoms with Crippen LogP contribution in [0.3, 0.4) is 0 Å². The molecule has 1 aliphatic heterocycles. The average molecular weight is 194 g/mol. The molecule has 1 heterocycles. The molecule has 1 fully saturated rings. The lowest BCUT2D eigenvalue weighted by molar-refractivity contribution is -0.291. The van der Waals surface area contributed by atoms with E-state index in [4.69, 9.17) is 14.6 Å². The van der Waals surface area contributed by atoms with Gasteiger partial charge in [0.05, 0.1) is 6.61 Å². The lowest BCUT2D eigenvalue weighted by Gasteiger charge is -2.39. The zero-order chi connectivity index (χ0) is 10.0. The van der Waals surface area contributed by atoms with Crippen molar-refractivity contribution in [1.82, 2.24) is 0 Å². The first-order valence-corrected chi connectivity index (χ1v) is 3.95. The summed E-state index contributed by atoms with van der Waals surface area (Å²) >= 11 is 0. The van der Waals surface area contributed by atoms with Gasteiger partial charge in [-0.2, -0.15) is 0 Å². The zero-order valence-corrected chi connectivity index (χ0v) is 7.20. The minimum absolute atomic E-state index is 0.467. The van der Waals surface area contributed by atoms with Crippen LogP contribution in [0.2, 0.25) is 0 Å². The van der Waals surface area contributed by atoms with Crippen LogP contribution in [0.4, 0.5) is 0 Å². The summed E-state index contributed by atoms with van der Waals surface area (Å²) in [5.74, 6) is 0. The van der Waals surface area contributed by atoms with E-state index in [-0.39, 0.29) is 0 Å². The van der Waals surface area contributed by atoms with Gasteiger partial charge in [0.2, 0.25) is 0 Å². The van der Waals surface area contributed by atoms with Crippen molar-refractivity contribution in [1.29, 1.82) is 0 Å². The number of aliphatic hydroxyl groups excluding tert-OH is 4. The van der Waals surface area contributed by atoms with Gasteiger partial charge in [0.1, 0.15) is 24.4 Å². The molecule has 1 saturated heterocycles. The maximum atomic E-state index is 9.38. The maximum Gasteiger partial charge on any atom is 0.184 e. The largest absolute Gasteiger partial charge is 0.394 e. The van der Waals surface area contributed by atoms with Crippen LogP contribution < -0.4 is 0 Å². The molecule has 4 N–H and O–H groups in total. The van der Waals surface area contributed by atoms with Crippen LogP contribution in [0, 0.1) is 0 Å². The average Bonchev–Trinajstić information content (AvgIpc) is 2.12. The molecule has 6 heteroatoms. The second-order valence-electron chi connectivity index (χ2n) is 2.93. The molecule has 78 valence electrons. The molecular weight excluding hydrogens is 180 g/mol. The number of hydrogen-bond acceptors (Lipinski definition) is 6. The van der Waals surface area contributed by atoms with E-state index in [0.717, 1.165) is 0 Å². The first-order chi connectivity index (χ1) is 6.11. The fraction of sp³-hybridized carbons (Fsp3) is 1.00. The third-order valence-corrected chi connectivity index (χ3v) is 2.11. The van der Waals surface area contributed by atoms with Crippen molar-refractivity contribution in [3.05, 3.63) is 0 Å². The lowest BCUT2D eigenvalue weighted by Crippen LogP contribution is -2.59. The Hall–Kier alpha value is -0.240. The van der Waals surface area contributed by atoms with E-state index >= 15 is 0 Å². The summed E-state index contributed by atoms with van der Waals surface area (Å²) in [4.78, 5) is 0. The zero-order valence-electron chi connectivity index (χ0n) is 7.20. The summed E-state index contributed by atoms with van der Waals surface area (Å²) in [6.45, 7) is -0.467. The summed E-state index contributed by atoms with van der Waals surface area (Å²) in [6.07, 6.45) is -5.81. The summed E-state index contributed by atoms with van der Waals surface area (Å²) in [5, 5.41) is 36.7. The van der Waals surface area contributed by atoms with Crippen LogP contribution in [0.25, 0.3) is 0 Å². The molecule has 0 radical (unpaired) electrons. The Morgan fingerprint density at radius 1 is 1.23 bits per heavy atom. The number of ether oxygens (including phenoxy) is 2. The molecule has 0 aromatic heterocycles. The van der Waals surface area contributed by atoms with Crippen LogP contribution in [-0.4, -0.2) is 64.8 Å². The third-order valence-electron chi connectivity index (χ3n) is 2.11. The van der Waals surface area contributed by atoms with Gasteiger partial charge in [0, 0.05) is 7.11 Å². The number of methoxy groups -OCH3 is 1. The van der Waals surface area contributed by atoms with E-state index in [2.05, 4.69) is 0 Å². The molecule has 6 nitrogen and oxygen atoms in total. The van der Waals surface area contributed by atoms with Gasteiger partial charge in [-0.15, -0.1) is 0 Å². The highest BCUT2D eigenvalue weighted by Crippen LogP contribution is 2.21. The summed E-state index contributed by atoms with van der Waals surface area (Å²) in [5.41, 5.74) is 0. The third kappa shape index (κ3) is 1.98.